The first kappa shape index (κ1) is 24.0. The van der Waals surface area contributed by atoms with Crippen LogP contribution in [0.2, 0.25) is 0 Å². The van der Waals surface area contributed by atoms with Gasteiger partial charge in [0.15, 0.2) is 0 Å². The molecule has 0 aliphatic carbocycles. The molecule has 0 saturated carbocycles. The summed E-state index contributed by atoms with van der Waals surface area (Å²) in [4.78, 5) is 42.2. The molecule has 7 nitrogen and oxygen atoms in total. The number of amides is 3. The molecule has 38 heavy (non-hydrogen) atoms. The lowest BCUT2D eigenvalue weighted by atomic mass is 9.85. The smallest absolute Gasteiger partial charge is 0.297 e. The zero-order valence-electron chi connectivity index (χ0n) is 21.3. The summed E-state index contributed by atoms with van der Waals surface area (Å²) in [6.45, 7) is 4.17. The van der Waals surface area contributed by atoms with Gasteiger partial charge in [-0.25, -0.2) is 9.69 Å². The Morgan fingerprint density at radius 3 is 2.18 bits per heavy atom. The molecule has 0 N–H and O–H groups in total. The fourth-order valence-electron chi connectivity index (χ4n) is 5.59. The normalized spacial score (nSPS) is 17.4. The number of pyridine rings is 2. The molecule has 4 heterocycles. The summed E-state index contributed by atoms with van der Waals surface area (Å²) in [5.74, 6) is -0.174. The fraction of sp³-hybridized carbons (Fsp3) is 0.226. The van der Waals surface area contributed by atoms with Gasteiger partial charge in [-0.3, -0.25) is 24.6 Å². The van der Waals surface area contributed by atoms with Crippen LogP contribution in [0.1, 0.15) is 24.1 Å². The number of rotatable bonds is 5. The molecule has 0 atom stereocenters. The van der Waals surface area contributed by atoms with Crippen molar-refractivity contribution in [2.75, 3.05) is 22.9 Å². The number of likely N-dealkylation sites (tertiary alicyclic amines) is 1. The van der Waals surface area contributed by atoms with Gasteiger partial charge >= 0.3 is 6.03 Å². The van der Waals surface area contributed by atoms with Gasteiger partial charge in [0.05, 0.1) is 23.3 Å². The van der Waals surface area contributed by atoms with Gasteiger partial charge in [-0.15, -0.1) is 0 Å². The maximum Gasteiger partial charge on any atom is 0.336 e. The Bertz CT molecular complexity index is 1450. The SMILES string of the molecule is Cc1cccnc1CN1CCC2(CC1)C(=O)N(c1ccc(-c3ccccc3)cc1)C(=O)N2c1cccnc1. The molecule has 2 aromatic heterocycles. The average Bonchev–Trinajstić information content (AvgIpc) is 3.17. The zero-order valence-corrected chi connectivity index (χ0v) is 21.3. The van der Waals surface area contributed by atoms with E-state index in [1.54, 1.807) is 23.4 Å². The minimum atomic E-state index is -0.951. The molecular formula is C31H29N5O2. The van der Waals surface area contributed by atoms with Gasteiger partial charge in [-0.2, -0.15) is 0 Å². The molecule has 0 bridgehead atoms. The second kappa shape index (κ2) is 9.84. The zero-order chi connectivity index (χ0) is 26.1. The molecule has 4 aromatic rings. The number of aryl methyl sites for hydroxylation is 1. The Morgan fingerprint density at radius 2 is 1.50 bits per heavy atom. The van der Waals surface area contributed by atoms with Crippen molar-refractivity contribution < 1.29 is 9.59 Å². The van der Waals surface area contributed by atoms with E-state index in [-0.39, 0.29) is 11.9 Å². The van der Waals surface area contributed by atoms with Gasteiger partial charge in [-0.05, 0) is 66.8 Å². The fourth-order valence-corrected chi connectivity index (χ4v) is 5.59. The average molecular weight is 504 g/mol. The van der Waals surface area contributed by atoms with Gasteiger partial charge in [0.2, 0.25) is 0 Å². The lowest BCUT2D eigenvalue weighted by Gasteiger charge is -2.42. The van der Waals surface area contributed by atoms with Gasteiger partial charge in [0.1, 0.15) is 5.54 Å². The maximum absolute atomic E-state index is 14.2. The highest BCUT2D eigenvalue weighted by molar-refractivity contribution is 6.30. The third-order valence-electron chi connectivity index (χ3n) is 7.72. The Labute approximate surface area is 222 Å². The number of benzene rings is 2. The molecule has 3 amide bonds. The van der Waals surface area contributed by atoms with Crippen molar-refractivity contribution >= 4 is 23.3 Å². The first-order chi connectivity index (χ1) is 18.6. The van der Waals surface area contributed by atoms with E-state index in [1.165, 1.54) is 4.90 Å². The van der Waals surface area contributed by atoms with Gasteiger partial charge in [0.25, 0.3) is 5.91 Å². The predicted molar refractivity (Wildman–Crippen MR) is 148 cm³/mol. The molecule has 2 aromatic carbocycles. The number of hydrogen-bond acceptors (Lipinski definition) is 5. The molecule has 2 saturated heterocycles. The van der Waals surface area contributed by atoms with Crippen molar-refractivity contribution in [1.29, 1.82) is 0 Å². The van der Waals surface area contributed by atoms with E-state index in [1.807, 2.05) is 72.9 Å². The topological polar surface area (TPSA) is 69.6 Å². The highest BCUT2D eigenvalue weighted by Gasteiger charge is 2.59. The van der Waals surface area contributed by atoms with Crippen LogP contribution < -0.4 is 9.80 Å². The number of imide groups is 1. The first-order valence-electron chi connectivity index (χ1n) is 12.9. The van der Waals surface area contributed by atoms with E-state index in [4.69, 9.17) is 0 Å². The monoisotopic (exact) mass is 503 g/mol. The van der Waals surface area contributed by atoms with Crippen molar-refractivity contribution in [3.63, 3.8) is 0 Å². The summed E-state index contributed by atoms with van der Waals surface area (Å²) in [5.41, 5.74) is 4.59. The third kappa shape index (κ3) is 4.15. The van der Waals surface area contributed by atoms with Crippen LogP contribution in [0.3, 0.4) is 0 Å². The van der Waals surface area contributed by atoms with Crippen molar-refractivity contribution in [3.8, 4) is 11.1 Å². The van der Waals surface area contributed by atoms with Crippen LogP contribution in [0.25, 0.3) is 11.1 Å². The van der Waals surface area contributed by atoms with Crippen LogP contribution in [-0.4, -0.2) is 45.4 Å². The lowest BCUT2D eigenvalue weighted by Crippen LogP contribution is -2.56. The van der Waals surface area contributed by atoms with Crippen LogP contribution in [0.15, 0.2) is 97.5 Å². The number of piperidine rings is 1. The summed E-state index contributed by atoms with van der Waals surface area (Å²) in [5, 5.41) is 0. The van der Waals surface area contributed by atoms with Crippen LogP contribution in [0.5, 0.6) is 0 Å². The van der Waals surface area contributed by atoms with Gasteiger partial charge in [-0.1, -0.05) is 48.5 Å². The van der Waals surface area contributed by atoms with Crippen molar-refractivity contribution in [2.45, 2.75) is 31.8 Å². The number of nitrogens with zero attached hydrogens (tertiary/aromatic N) is 5. The molecule has 2 aliphatic heterocycles. The largest absolute Gasteiger partial charge is 0.336 e. The number of urea groups is 1. The molecule has 2 aliphatic rings. The molecule has 1 spiro atoms. The highest BCUT2D eigenvalue weighted by atomic mass is 16.2. The summed E-state index contributed by atoms with van der Waals surface area (Å²) >= 11 is 0. The molecule has 0 radical (unpaired) electrons. The van der Waals surface area contributed by atoms with E-state index in [0.29, 0.717) is 37.3 Å². The van der Waals surface area contributed by atoms with Crippen molar-refractivity contribution in [3.05, 3.63) is 109 Å². The molecule has 190 valence electrons. The minimum absolute atomic E-state index is 0.174. The van der Waals surface area contributed by atoms with E-state index in [2.05, 4.69) is 27.9 Å². The lowest BCUT2D eigenvalue weighted by molar-refractivity contribution is -0.123. The second-order valence-corrected chi connectivity index (χ2v) is 9.96. The van der Waals surface area contributed by atoms with Gasteiger partial charge in [0, 0.05) is 32.0 Å². The minimum Gasteiger partial charge on any atom is -0.297 e. The summed E-state index contributed by atoms with van der Waals surface area (Å²) in [7, 11) is 0. The van der Waals surface area contributed by atoms with Crippen molar-refractivity contribution in [2.24, 2.45) is 0 Å². The second-order valence-electron chi connectivity index (χ2n) is 9.96. The predicted octanol–water partition coefficient (Wildman–Crippen LogP) is 5.46. The number of anilines is 2. The summed E-state index contributed by atoms with van der Waals surface area (Å²) in [6.07, 6.45) is 6.24. The van der Waals surface area contributed by atoms with Crippen molar-refractivity contribution in [1.82, 2.24) is 14.9 Å². The number of carbonyl (C=O) groups is 2. The van der Waals surface area contributed by atoms with Crippen LogP contribution in [0, 0.1) is 6.92 Å². The highest BCUT2D eigenvalue weighted by Crippen LogP contribution is 2.42. The quantitative estimate of drug-likeness (QED) is 0.338. The summed E-state index contributed by atoms with van der Waals surface area (Å²) in [6, 6.07) is 25.0. The Kier molecular flexibility index (Phi) is 6.21. The number of hydrogen-bond donors (Lipinski definition) is 0. The van der Waals surface area contributed by atoms with E-state index >= 15 is 0 Å². The van der Waals surface area contributed by atoms with Crippen LogP contribution in [-0.2, 0) is 11.3 Å². The summed E-state index contributed by atoms with van der Waals surface area (Å²) < 4.78 is 0. The maximum atomic E-state index is 14.2. The molecule has 2 fully saturated rings. The number of aromatic nitrogens is 2. The Balaban J connectivity index is 1.30. The number of carbonyl (C=O) groups excluding carboxylic acids is 2. The van der Waals surface area contributed by atoms with Crippen LogP contribution >= 0.6 is 0 Å². The van der Waals surface area contributed by atoms with Crippen LogP contribution in [0.4, 0.5) is 16.2 Å². The molecule has 0 unspecified atom stereocenters. The first-order valence-corrected chi connectivity index (χ1v) is 12.9. The van der Waals surface area contributed by atoms with E-state index in [9.17, 15) is 9.59 Å². The molecule has 7 heteroatoms. The van der Waals surface area contributed by atoms with E-state index in [0.717, 1.165) is 28.9 Å². The van der Waals surface area contributed by atoms with Gasteiger partial charge < -0.3 is 0 Å². The Hall–Kier alpha value is -4.36. The Morgan fingerprint density at radius 1 is 0.789 bits per heavy atom. The third-order valence-corrected chi connectivity index (χ3v) is 7.72. The standard InChI is InChI=1S/C31H29N5O2/c1-23-7-5-18-33-28(23)22-34-19-15-31(16-20-34)29(37)35(30(38)36(31)27-10-6-17-32-21-27)26-13-11-25(12-14-26)24-8-3-2-4-9-24/h2-14,17-18,21H,15-16,19-20,22H2,1H3. The molecule has 6 rings (SSSR count). The van der Waals surface area contributed by atoms with E-state index < -0.39 is 5.54 Å². The molecular weight excluding hydrogens is 474 g/mol.